The molecule has 0 radical (unpaired) electrons. The highest BCUT2D eigenvalue weighted by atomic mass is 16.5. The fourth-order valence-electron chi connectivity index (χ4n) is 2.80. The number of hydrogen-bond acceptors (Lipinski definition) is 3. The fourth-order valence-corrected chi connectivity index (χ4v) is 2.80. The normalized spacial score (nSPS) is 23.3. The van der Waals surface area contributed by atoms with E-state index in [0.29, 0.717) is 5.92 Å². The summed E-state index contributed by atoms with van der Waals surface area (Å²) in [4.78, 5) is 12.1. The highest BCUT2D eigenvalue weighted by Gasteiger charge is 2.26. The zero-order chi connectivity index (χ0) is 13.9. The second-order valence-electron chi connectivity index (χ2n) is 5.56. The van der Waals surface area contributed by atoms with Crippen molar-refractivity contribution in [3.63, 3.8) is 0 Å². The van der Waals surface area contributed by atoms with Crippen LogP contribution in [0.3, 0.4) is 0 Å². The van der Waals surface area contributed by atoms with Crippen molar-refractivity contribution in [1.82, 2.24) is 5.32 Å². The SMILES string of the molecule is CCCOCCCNC(=O)C1CCCC(CCN)C1. The van der Waals surface area contributed by atoms with Crippen molar-refractivity contribution in [3.8, 4) is 0 Å². The Morgan fingerprint density at radius 3 is 2.95 bits per heavy atom. The topological polar surface area (TPSA) is 64.3 Å². The van der Waals surface area contributed by atoms with E-state index in [0.717, 1.165) is 58.4 Å². The minimum absolute atomic E-state index is 0.210. The molecule has 0 aliphatic heterocycles. The summed E-state index contributed by atoms with van der Waals surface area (Å²) in [6.45, 7) is 5.14. The van der Waals surface area contributed by atoms with Crippen LogP contribution in [0.1, 0.15) is 51.9 Å². The van der Waals surface area contributed by atoms with Gasteiger partial charge in [0.25, 0.3) is 0 Å². The van der Waals surface area contributed by atoms with Crippen molar-refractivity contribution in [2.24, 2.45) is 17.6 Å². The van der Waals surface area contributed by atoms with E-state index >= 15 is 0 Å². The van der Waals surface area contributed by atoms with Crippen molar-refractivity contribution in [2.75, 3.05) is 26.3 Å². The van der Waals surface area contributed by atoms with Gasteiger partial charge in [-0.05, 0) is 44.6 Å². The maximum Gasteiger partial charge on any atom is 0.223 e. The van der Waals surface area contributed by atoms with Crippen LogP contribution in [-0.2, 0) is 9.53 Å². The Morgan fingerprint density at radius 2 is 2.21 bits per heavy atom. The van der Waals surface area contributed by atoms with E-state index in [1.54, 1.807) is 0 Å². The van der Waals surface area contributed by atoms with Gasteiger partial charge in [-0.3, -0.25) is 4.79 Å². The minimum Gasteiger partial charge on any atom is -0.381 e. The predicted molar refractivity (Wildman–Crippen MR) is 77.9 cm³/mol. The number of carbonyl (C=O) groups is 1. The van der Waals surface area contributed by atoms with E-state index in [1.807, 2.05) is 0 Å². The van der Waals surface area contributed by atoms with Crippen molar-refractivity contribution in [3.05, 3.63) is 0 Å². The molecule has 1 aliphatic rings. The van der Waals surface area contributed by atoms with Gasteiger partial charge < -0.3 is 15.8 Å². The molecule has 2 atom stereocenters. The molecule has 0 heterocycles. The first-order valence-electron chi connectivity index (χ1n) is 7.83. The Hall–Kier alpha value is -0.610. The van der Waals surface area contributed by atoms with Crippen molar-refractivity contribution in [1.29, 1.82) is 0 Å². The highest BCUT2D eigenvalue weighted by Crippen LogP contribution is 2.30. The monoisotopic (exact) mass is 270 g/mol. The molecule has 1 amide bonds. The smallest absolute Gasteiger partial charge is 0.223 e. The molecule has 1 rings (SSSR count). The lowest BCUT2D eigenvalue weighted by atomic mass is 9.79. The number of nitrogens with one attached hydrogen (secondary N) is 1. The molecule has 1 saturated carbocycles. The molecule has 4 heteroatoms. The number of rotatable bonds is 9. The van der Waals surface area contributed by atoms with Gasteiger partial charge in [0.15, 0.2) is 0 Å². The highest BCUT2D eigenvalue weighted by molar-refractivity contribution is 5.78. The Kier molecular flexibility index (Phi) is 8.84. The molecule has 0 spiro atoms. The van der Waals surface area contributed by atoms with Gasteiger partial charge in [-0.25, -0.2) is 0 Å². The van der Waals surface area contributed by atoms with Gasteiger partial charge in [0, 0.05) is 25.7 Å². The summed E-state index contributed by atoms with van der Waals surface area (Å²) in [6, 6.07) is 0. The number of amides is 1. The third-order valence-electron chi connectivity index (χ3n) is 3.84. The number of ether oxygens (including phenoxy) is 1. The van der Waals surface area contributed by atoms with Crippen LogP contribution in [0, 0.1) is 11.8 Å². The van der Waals surface area contributed by atoms with Crippen LogP contribution in [0.2, 0.25) is 0 Å². The Balaban J connectivity index is 2.11. The summed E-state index contributed by atoms with van der Waals surface area (Å²) < 4.78 is 5.39. The number of carbonyl (C=O) groups excluding carboxylic acids is 1. The average Bonchev–Trinajstić information content (AvgIpc) is 2.43. The van der Waals surface area contributed by atoms with Crippen LogP contribution >= 0.6 is 0 Å². The van der Waals surface area contributed by atoms with E-state index in [-0.39, 0.29) is 11.8 Å². The van der Waals surface area contributed by atoms with Crippen molar-refractivity contribution >= 4 is 5.91 Å². The summed E-state index contributed by atoms with van der Waals surface area (Å²) in [5.41, 5.74) is 5.60. The Bertz CT molecular complexity index is 244. The van der Waals surface area contributed by atoms with E-state index < -0.39 is 0 Å². The maximum atomic E-state index is 12.1. The minimum atomic E-state index is 0.210. The molecule has 1 fully saturated rings. The van der Waals surface area contributed by atoms with Crippen LogP contribution < -0.4 is 11.1 Å². The van der Waals surface area contributed by atoms with Gasteiger partial charge in [-0.2, -0.15) is 0 Å². The van der Waals surface area contributed by atoms with Gasteiger partial charge in [0.2, 0.25) is 5.91 Å². The molecule has 4 nitrogen and oxygen atoms in total. The van der Waals surface area contributed by atoms with Crippen LogP contribution in [-0.4, -0.2) is 32.2 Å². The first kappa shape index (κ1) is 16.4. The summed E-state index contributed by atoms with van der Waals surface area (Å²) in [7, 11) is 0. The van der Waals surface area contributed by atoms with Gasteiger partial charge in [-0.15, -0.1) is 0 Å². The molecule has 3 N–H and O–H groups in total. The zero-order valence-corrected chi connectivity index (χ0v) is 12.3. The quantitative estimate of drug-likeness (QED) is 0.630. The third-order valence-corrected chi connectivity index (χ3v) is 3.84. The van der Waals surface area contributed by atoms with Crippen molar-refractivity contribution in [2.45, 2.75) is 51.9 Å². The standard InChI is InChI=1S/C15H30N2O2/c1-2-10-19-11-4-9-17-15(18)14-6-3-5-13(12-14)7-8-16/h13-14H,2-12,16H2,1H3,(H,17,18). The number of nitrogens with two attached hydrogens (primary N) is 1. The zero-order valence-electron chi connectivity index (χ0n) is 12.3. The van der Waals surface area contributed by atoms with Crippen LogP contribution in [0.15, 0.2) is 0 Å². The first-order valence-corrected chi connectivity index (χ1v) is 7.83. The third kappa shape index (κ3) is 6.92. The summed E-state index contributed by atoms with van der Waals surface area (Å²) in [5, 5.41) is 3.04. The van der Waals surface area contributed by atoms with Gasteiger partial charge in [0.1, 0.15) is 0 Å². The largest absolute Gasteiger partial charge is 0.381 e. The van der Waals surface area contributed by atoms with E-state index in [4.69, 9.17) is 10.5 Å². The molecule has 0 saturated heterocycles. The lowest BCUT2D eigenvalue weighted by molar-refractivity contribution is -0.126. The first-order chi connectivity index (χ1) is 9.27. The van der Waals surface area contributed by atoms with Crippen molar-refractivity contribution < 1.29 is 9.53 Å². The molecule has 0 aromatic heterocycles. The molecule has 2 unspecified atom stereocenters. The van der Waals surface area contributed by atoms with Gasteiger partial charge >= 0.3 is 0 Å². The molecule has 1 aliphatic carbocycles. The molecular formula is C15H30N2O2. The molecule has 112 valence electrons. The maximum absolute atomic E-state index is 12.1. The van der Waals surface area contributed by atoms with E-state index in [1.165, 1.54) is 12.8 Å². The summed E-state index contributed by atoms with van der Waals surface area (Å²) in [6.07, 6.45) is 7.50. The Labute approximate surface area is 117 Å². The van der Waals surface area contributed by atoms with Gasteiger partial charge in [0.05, 0.1) is 0 Å². The van der Waals surface area contributed by atoms with E-state index in [2.05, 4.69) is 12.2 Å². The molecule has 0 aromatic carbocycles. The summed E-state index contributed by atoms with van der Waals surface area (Å²) in [5.74, 6) is 1.10. The number of hydrogen-bond donors (Lipinski definition) is 2. The van der Waals surface area contributed by atoms with E-state index in [9.17, 15) is 4.79 Å². The van der Waals surface area contributed by atoms with Crippen LogP contribution in [0.5, 0.6) is 0 Å². The van der Waals surface area contributed by atoms with Gasteiger partial charge in [-0.1, -0.05) is 19.8 Å². The average molecular weight is 270 g/mol. The summed E-state index contributed by atoms with van der Waals surface area (Å²) >= 11 is 0. The molecular weight excluding hydrogens is 240 g/mol. The predicted octanol–water partition coefficient (Wildman–Crippen LogP) is 2.07. The molecule has 0 aromatic rings. The lowest BCUT2D eigenvalue weighted by Gasteiger charge is -2.28. The lowest BCUT2D eigenvalue weighted by Crippen LogP contribution is -2.35. The fraction of sp³-hybridized carbons (Fsp3) is 0.933. The molecule has 19 heavy (non-hydrogen) atoms. The van der Waals surface area contributed by atoms with Crippen LogP contribution in [0.4, 0.5) is 0 Å². The Morgan fingerprint density at radius 1 is 1.37 bits per heavy atom. The van der Waals surface area contributed by atoms with Crippen LogP contribution in [0.25, 0.3) is 0 Å². The second-order valence-corrected chi connectivity index (χ2v) is 5.56. The second kappa shape index (κ2) is 10.2. The molecule has 0 bridgehead atoms.